The number of carbonyl (C=O) groups is 1. The predicted octanol–water partition coefficient (Wildman–Crippen LogP) is 2.49. The van der Waals surface area contributed by atoms with E-state index in [0.717, 1.165) is 24.6 Å². The van der Waals surface area contributed by atoms with Crippen LogP contribution >= 0.6 is 11.3 Å². The second-order valence-corrected chi connectivity index (χ2v) is 6.67. The highest BCUT2D eigenvalue weighted by atomic mass is 32.1. The Morgan fingerprint density at radius 1 is 1.40 bits per heavy atom. The number of rotatable bonds is 5. The number of anilines is 2. The van der Waals surface area contributed by atoms with E-state index >= 15 is 0 Å². The average molecular weight is 296 g/mol. The van der Waals surface area contributed by atoms with E-state index in [0.29, 0.717) is 23.2 Å². The van der Waals surface area contributed by atoms with Crippen molar-refractivity contribution < 1.29 is 4.79 Å². The Balaban J connectivity index is 1.97. The summed E-state index contributed by atoms with van der Waals surface area (Å²) in [6, 6.07) is 0. The molecule has 0 aliphatic carbocycles. The summed E-state index contributed by atoms with van der Waals surface area (Å²) < 4.78 is 0. The normalized spacial score (nSPS) is 15.7. The minimum atomic E-state index is -0.0936. The molecule has 20 heavy (non-hydrogen) atoms. The number of nitrogens with zero attached hydrogens (tertiary/aromatic N) is 2. The Kier molecular flexibility index (Phi) is 5.23. The molecular weight excluding hydrogens is 272 g/mol. The van der Waals surface area contributed by atoms with Gasteiger partial charge in [-0.05, 0) is 31.6 Å². The molecule has 112 valence electrons. The molecule has 0 bridgehead atoms. The lowest BCUT2D eigenvalue weighted by Crippen LogP contribution is -2.29. The lowest BCUT2D eigenvalue weighted by atomic mass is 10.1. The second kappa shape index (κ2) is 6.92. The van der Waals surface area contributed by atoms with Crippen LogP contribution in [0.1, 0.15) is 49.2 Å². The van der Waals surface area contributed by atoms with Crippen molar-refractivity contribution >= 4 is 28.2 Å². The molecule has 6 heteroatoms. The van der Waals surface area contributed by atoms with Crippen LogP contribution in [0.3, 0.4) is 0 Å². The summed E-state index contributed by atoms with van der Waals surface area (Å²) in [5.74, 6) is 0.847. The van der Waals surface area contributed by atoms with Crippen molar-refractivity contribution in [3.63, 3.8) is 0 Å². The molecule has 0 unspecified atom stereocenters. The van der Waals surface area contributed by atoms with Gasteiger partial charge in [0, 0.05) is 19.6 Å². The van der Waals surface area contributed by atoms with Crippen LogP contribution in [-0.4, -0.2) is 30.5 Å². The second-order valence-electron chi connectivity index (χ2n) is 5.70. The van der Waals surface area contributed by atoms with Crippen molar-refractivity contribution in [1.29, 1.82) is 0 Å². The van der Waals surface area contributed by atoms with Crippen LogP contribution < -0.4 is 16.0 Å². The van der Waals surface area contributed by atoms with Crippen LogP contribution in [-0.2, 0) is 0 Å². The maximum absolute atomic E-state index is 12.1. The van der Waals surface area contributed by atoms with Gasteiger partial charge in [-0.2, -0.15) is 0 Å². The van der Waals surface area contributed by atoms with Gasteiger partial charge in [-0.1, -0.05) is 25.2 Å². The summed E-state index contributed by atoms with van der Waals surface area (Å²) in [4.78, 5) is 19.2. The van der Waals surface area contributed by atoms with E-state index < -0.39 is 0 Å². The molecule has 0 saturated carbocycles. The standard InChI is InChI=1S/C14H24N4OS/c1-10(2)6-7-16-13(19)11-12(15)17-14(20-11)18-8-4-3-5-9-18/h10H,3-9,15H2,1-2H3,(H,16,19). The van der Waals surface area contributed by atoms with Gasteiger partial charge in [0.15, 0.2) is 5.13 Å². The van der Waals surface area contributed by atoms with Gasteiger partial charge < -0.3 is 16.0 Å². The van der Waals surface area contributed by atoms with E-state index in [9.17, 15) is 4.79 Å². The van der Waals surface area contributed by atoms with Gasteiger partial charge >= 0.3 is 0 Å². The largest absolute Gasteiger partial charge is 0.382 e. The van der Waals surface area contributed by atoms with Crippen LogP contribution in [0.15, 0.2) is 0 Å². The minimum Gasteiger partial charge on any atom is -0.382 e. The highest BCUT2D eigenvalue weighted by Crippen LogP contribution is 2.29. The Morgan fingerprint density at radius 2 is 2.10 bits per heavy atom. The molecule has 0 atom stereocenters. The third-order valence-electron chi connectivity index (χ3n) is 3.48. The lowest BCUT2D eigenvalue weighted by Gasteiger charge is -2.25. The summed E-state index contributed by atoms with van der Waals surface area (Å²) in [5, 5.41) is 3.81. The van der Waals surface area contributed by atoms with E-state index in [2.05, 4.69) is 29.0 Å². The zero-order chi connectivity index (χ0) is 14.5. The first-order valence-corrected chi connectivity index (χ1v) is 8.19. The van der Waals surface area contributed by atoms with E-state index in [1.54, 1.807) is 0 Å². The van der Waals surface area contributed by atoms with E-state index in [1.807, 2.05) is 0 Å². The first-order valence-electron chi connectivity index (χ1n) is 7.37. The zero-order valence-electron chi connectivity index (χ0n) is 12.3. The molecular formula is C14H24N4OS. The topological polar surface area (TPSA) is 71.2 Å². The SMILES string of the molecule is CC(C)CCNC(=O)c1sc(N2CCCCC2)nc1N. The van der Waals surface area contributed by atoms with Crippen LogP contribution in [0.25, 0.3) is 0 Å². The maximum atomic E-state index is 12.1. The quantitative estimate of drug-likeness (QED) is 0.875. The molecule has 1 aliphatic rings. The first-order chi connectivity index (χ1) is 9.58. The Bertz CT molecular complexity index is 452. The summed E-state index contributed by atoms with van der Waals surface area (Å²) in [6.45, 7) is 7.00. The summed E-state index contributed by atoms with van der Waals surface area (Å²) in [6.07, 6.45) is 4.63. The van der Waals surface area contributed by atoms with Gasteiger partial charge in [0.2, 0.25) is 0 Å². The van der Waals surface area contributed by atoms with Crippen molar-refractivity contribution in [1.82, 2.24) is 10.3 Å². The van der Waals surface area contributed by atoms with Crippen LogP contribution in [0.5, 0.6) is 0 Å². The van der Waals surface area contributed by atoms with E-state index in [1.165, 1.54) is 30.6 Å². The molecule has 1 amide bonds. The summed E-state index contributed by atoms with van der Waals surface area (Å²) in [5.41, 5.74) is 5.89. The van der Waals surface area contributed by atoms with Gasteiger partial charge in [0.25, 0.3) is 5.91 Å². The van der Waals surface area contributed by atoms with Crippen LogP contribution in [0.4, 0.5) is 10.9 Å². The van der Waals surface area contributed by atoms with Gasteiger partial charge in [0.1, 0.15) is 10.7 Å². The van der Waals surface area contributed by atoms with Gasteiger partial charge in [-0.3, -0.25) is 4.79 Å². The third kappa shape index (κ3) is 3.85. The molecule has 2 rings (SSSR count). The van der Waals surface area contributed by atoms with Crippen LogP contribution in [0, 0.1) is 5.92 Å². The number of piperidine rings is 1. The van der Waals surface area contributed by atoms with Crippen molar-refractivity contribution in [3.05, 3.63) is 4.88 Å². The highest BCUT2D eigenvalue weighted by molar-refractivity contribution is 7.18. The smallest absolute Gasteiger partial charge is 0.265 e. The Hall–Kier alpha value is -1.30. The molecule has 1 aromatic rings. The Labute approximate surface area is 124 Å². The van der Waals surface area contributed by atoms with Crippen molar-refractivity contribution in [2.45, 2.75) is 39.5 Å². The number of thiazole rings is 1. The maximum Gasteiger partial charge on any atom is 0.265 e. The monoisotopic (exact) mass is 296 g/mol. The molecule has 1 aliphatic heterocycles. The van der Waals surface area contributed by atoms with Gasteiger partial charge in [-0.25, -0.2) is 4.98 Å². The number of carbonyl (C=O) groups excluding carboxylic acids is 1. The molecule has 5 nitrogen and oxygen atoms in total. The average Bonchev–Trinajstić information content (AvgIpc) is 2.81. The molecule has 3 N–H and O–H groups in total. The number of nitrogens with two attached hydrogens (primary N) is 1. The van der Waals surface area contributed by atoms with Crippen LogP contribution in [0.2, 0.25) is 0 Å². The lowest BCUT2D eigenvalue weighted by molar-refractivity contribution is 0.0956. The minimum absolute atomic E-state index is 0.0936. The fourth-order valence-electron chi connectivity index (χ4n) is 2.26. The molecule has 0 aromatic carbocycles. The molecule has 0 spiro atoms. The number of aromatic nitrogens is 1. The number of amides is 1. The van der Waals surface area contributed by atoms with E-state index in [-0.39, 0.29) is 5.91 Å². The number of hydrogen-bond donors (Lipinski definition) is 2. The van der Waals surface area contributed by atoms with Gasteiger partial charge in [-0.15, -0.1) is 0 Å². The molecule has 1 saturated heterocycles. The third-order valence-corrected chi connectivity index (χ3v) is 4.61. The highest BCUT2D eigenvalue weighted by Gasteiger charge is 2.20. The molecule has 2 heterocycles. The van der Waals surface area contributed by atoms with Gasteiger partial charge in [0.05, 0.1) is 0 Å². The number of hydrogen-bond acceptors (Lipinski definition) is 5. The predicted molar refractivity (Wildman–Crippen MR) is 84.4 cm³/mol. The fourth-order valence-corrected chi connectivity index (χ4v) is 3.21. The molecule has 1 aromatic heterocycles. The van der Waals surface area contributed by atoms with Crippen molar-refractivity contribution in [3.8, 4) is 0 Å². The first kappa shape index (κ1) is 15.1. The zero-order valence-corrected chi connectivity index (χ0v) is 13.1. The number of nitrogens with one attached hydrogen (secondary N) is 1. The summed E-state index contributed by atoms with van der Waals surface area (Å²) >= 11 is 1.41. The van der Waals surface area contributed by atoms with Crippen molar-refractivity contribution in [2.24, 2.45) is 5.92 Å². The van der Waals surface area contributed by atoms with E-state index in [4.69, 9.17) is 5.73 Å². The number of nitrogen functional groups attached to an aromatic ring is 1. The molecule has 0 radical (unpaired) electrons. The Morgan fingerprint density at radius 3 is 2.75 bits per heavy atom. The fraction of sp³-hybridized carbons (Fsp3) is 0.714. The molecule has 1 fully saturated rings. The van der Waals surface area contributed by atoms with Crippen molar-refractivity contribution in [2.75, 3.05) is 30.3 Å². The summed E-state index contributed by atoms with van der Waals surface area (Å²) in [7, 11) is 0.